The number of nitro benzene ring substituents is 2. The number of aryl methyl sites for hydroxylation is 3. The molecular formula is C22H19Br2F2N5O4. The molecule has 0 amide bonds. The maximum Gasteiger partial charge on any atom is 0.308 e. The average molecular weight is 615 g/mol. The minimum absolute atomic E-state index is 0.306. The van der Waals surface area contributed by atoms with E-state index in [0.29, 0.717) is 15.6 Å². The Labute approximate surface area is 215 Å². The Hall–Kier alpha value is -3.32. The first kappa shape index (κ1) is 27.9. The first-order valence-electron chi connectivity index (χ1n) is 9.79. The summed E-state index contributed by atoms with van der Waals surface area (Å²) < 4.78 is 28.9. The van der Waals surface area contributed by atoms with Crippen molar-refractivity contribution in [3.8, 4) is 0 Å². The Bertz CT molecular complexity index is 1390. The van der Waals surface area contributed by atoms with Crippen molar-refractivity contribution < 1.29 is 18.6 Å². The summed E-state index contributed by atoms with van der Waals surface area (Å²) in [7, 11) is 1.89. The van der Waals surface area contributed by atoms with Crippen molar-refractivity contribution in [3.63, 3.8) is 0 Å². The lowest BCUT2D eigenvalue weighted by Crippen LogP contribution is -1.95. The van der Waals surface area contributed by atoms with Gasteiger partial charge >= 0.3 is 11.4 Å². The van der Waals surface area contributed by atoms with Crippen molar-refractivity contribution in [2.45, 2.75) is 20.8 Å². The predicted octanol–water partition coefficient (Wildman–Crippen LogP) is 6.89. The number of hydrogen-bond donors (Lipinski definition) is 0. The Balaban J connectivity index is 0.000000185. The van der Waals surface area contributed by atoms with E-state index in [1.807, 2.05) is 26.1 Å². The van der Waals surface area contributed by atoms with Crippen LogP contribution in [0, 0.1) is 52.6 Å². The smallest absolute Gasteiger partial charge is 0.258 e. The molecule has 0 aliphatic heterocycles. The third kappa shape index (κ3) is 6.63. The first-order valence-corrected chi connectivity index (χ1v) is 11.4. The summed E-state index contributed by atoms with van der Waals surface area (Å²) in [5.74, 6) is -1.59. The number of nitro groups is 2. The standard InChI is InChI=1S/C8H8BrN3.C7H5BrFNO2.C7H6FNO2/c1-5-6(9)3-4-7-8(5)10-11-12(7)2;1-4-5(8)2-3-6(9)7(4)10(11)12;1-5-3-2-4-6(8)7(5)9(10)11/h3-4H,1-2H3;2-3H,1H3;2-4H,1H3. The number of hydrogen-bond acceptors (Lipinski definition) is 6. The van der Waals surface area contributed by atoms with Crippen LogP contribution >= 0.6 is 31.9 Å². The van der Waals surface area contributed by atoms with Crippen molar-refractivity contribution >= 4 is 54.3 Å². The SMILES string of the molecule is Cc1c(Br)ccc(F)c1[N+](=O)[O-].Cc1c(Br)ccc2c1nnn2C.Cc1cccc(F)c1[N+](=O)[O-]. The van der Waals surface area contributed by atoms with Gasteiger partial charge in [-0.2, -0.15) is 8.78 Å². The molecule has 1 heterocycles. The Kier molecular flexibility index (Phi) is 9.48. The van der Waals surface area contributed by atoms with E-state index >= 15 is 0 Å². The summed E-state index contributed by atoms with van der Waals surface area (Å²) in [6.45, 7) is 5.02. The van der Waals surface area contributed by atoms with Crippen LogP contribution in [0.25, 0.3) is 11.0 Å². The number of nitrogens with zero attached hydrogens (tertiary/aromatic N) is 5. The zero-order valence-electron chi connectivity index (χ0n) is 18.9. The highest BCUT2D eigenvalue weighted by Gasteiger charge is 2.19. The second kappa shape index (κ2) is 11.9. The highest BCUT2D eigenvalue weighted by Crippen LogP contribution is 2.28. The van der Waals surface area contributed by atoms with E-state index in [1.54, 1.807) is 4.68 Å². The molecule has 4 rings (SSSR count). The van der Waals surface area contributed by atoms with Gasteiger partial charge in [-0.1, -0.05) is 49.2 Å². The molecule has 0 atom stereocenters. The van der Waals surface area contributed by atoms with Crippen molar-refractivity contribution in [1.82, 2.24) is 15.0 Å². The average Bonchev–Trinajstić information content (AvgIpc) is 3.15. The zero-order chi connectivity index (χ0) is 26.4. The molecule has 4 aromatic rings. The summed E-state index contributed by atoms with van der Waals surface area (Å²) in [5, 5.41) is 28.6. The molecule has 0 aliphatic carbocycles. The Morgan fingerprint density at radius 1 is 0.829 bits per heavy atom. The maximum atomic E-state index is 12.8. The van der Waals surface area contributed by atoms with Gasteiger partial charge in [0.25, 0.3) is 0 Å². The number of para-hydroxylation sites is 1. The molecule has 9 nitrogen and oxygen atoms in total. The van der Waals surface area contributed by atoms with Crippen LogP contribution in [0.15, 0.2) is 51.4 Å². The summed E-state index contributed by atoms with van der Waals surface area (Å²) in [6, 6.07) is 10.5. The summed E-state index contributed by atoms with van der Waals surface area (Å²) in [4.78, 5) is 19.1. The van der Waals surface area contributed by atoms with Crippen molar-refractivity contribution in [3.05, 3.63) is 100.0 Å². The van der Waals surface area contributed by atoms with Crippen LogP contribution in [0.2, 0.25) is 0 Å². The molecule has 0 saturated heterocycles. The van der Waals surface area contributed by atoms with E-state index in [4.69, 9.17) is 0 Å². The predicted molar refractivity (Wildman–Crippen MR) is 134 cm³/mol. The quantitative estimate of drug-likeness (QED) is 0.179. The molecule has 0 saturated carbocycles. The van der Waals surface area contributed by atoms with E-state index in [0.717, 1.165) is 33.2 Å². The van der Waals surface area contributed by atoms with Crippen LogP contribution in [0.4, 0.5) is 20.2 Å². The van der Waals surface area contributed by atoms with Gasteiger partial charge in [0.05, 0.1) is 15.4 Å². The fourth-order valence-electron chi connectivity index (χ4n) is 2.93. The van der Waals surface area contributed by atoms with Crippen LogP contribution in [0.3, 0.4) is 0 Å². The molecule has 0 spiro atoms. The molecule has 3 aromatic carbocycles. The fourth-order valence-corrected chi connectivity index (χ4v) is 3.57. The van der Waals surface area contributed by atoms with Gasteiger partial charge in [-0.15, -0.1) is 5.10 Å². The largest absolute Gasteiger partial charge is 0.308 e. The number of rotatable bonds is 2. The molecule has 0 fully saturated rings. The molecule has 0 bridgehead atoms. The van der Waals surface area contributed by atoms with Gasteiger partial charge < -0.3 is 0 Å². The lowest BCUT2D eigenvalue weighted by atomic mass is 10.2. The topological polar surface area (TPSA) is 117 Å². The minimum Gasteiger partial charge on any atom is -0.258 e. The lowest BCUT2D eigenvalue weighted by Gasteiger charge is -1.99. The first-order chi connectivity index (χ1) is 16.4. The highest BCUT2D eigenvalue weighted by molar-refractivity contribution is 9.10. The highest BCUT2D eigenvalue weighted by atomic mass is 79.9. The summed E-state index contributed by atoms with van der Waals surface area (Å²) in [5.41, 5.74) is 2.91. The van der Waals surface area contributed by atoms with Crippen LogP contribution in [0.5, 0.6) is 0 Å². The summed E-state index contributed by atoms with van der Waals surface area (Å²) in [6.07, 6.45) is 0. The van der Waals surface area contributed by atoms with Crippen molar-refractivity contribution in [2.75, 3.05) is 0 Å². The van der Waals surface area contributed by atoms with Gasteiger partial charge in [0.2, 0.25) is 11.6 Å². The zero-order valence-corrected chi connectivity index (χ0v) is 22.1. The van der Waals surface area contributed by atoms with E-state index in [9.17, 15) is 29.0 Å². The molecule has 0 unspecified atom stereocenters. The third-order valence-corrected chi connectivity index (χ3v) is 6.56. The van der Waals surface area contributed by atoms with Gasteiger partial charge in [-0.05, 0) is 56.7 Å². The normalized spacial score (nSPS) is 10.2. The Morgan fingerprint density at radius 2 is 1.37 bits per heavy atom. The van der Waals surface area contributed by atoms with Gasteiger partial charge in [0.1, 0.15) is 5.52 Å². The van der Waals surface area contributed by atoms with Crippen LogP contribution < -0.4 is 0 Å². The van der Waals surface area contributed by atoms with Crippen molar-refractivity contribution in [2.24, 2.45) is 7.05 Å². The third-order valence-electron chi connectivity index (χ3n) is 4.84. The molecule has 0 N–H and O–H groups in total. The Morgan fingerprint density at radius 3 is 1.89 bits per heavy atom. The van der Waals surface area contributed by atoms with Crippen molar-refractivity contribution in [1.29, 1.82) is 0 Å². The van der Waals surface area contributed by atoms with E-state index < -0.39 is 32.9 Å². The molecule has 0 radical (unpaired) electrons. The van der Waals surface area contributed by atoms with E-state index in [1.165, 1.54) is 32.0 Å². The van der Waals surface area contributed by atoms with Gasteiger partial charge in [-0.25, -0.2) is 4.68 Å². The molecule has 35 heavy (non-hydrogen) atoms. The second-order valence-electron chi connectivity index (χ2n) is 7.18. The molecular weight excluding hydrogens is 596 g/mol. The summed E-state index contributed by atoms with van der Waals surface area (Å²) >= 11 is 6.53. The van der Waals surface area contributed by atoms with Crippen LogP contribution in [0.1, 0.15) is 16.7 Å². The van der Waals surface area contributed by atoms with Gasteiger partial charge in [0, 0.05) is 27.1 Å². The van der Waals surface area contributed by atoms with Crippen LogP contribution in [-0.2, 0) is 7.05 Å². The van der Waals surface area contributed by atoms with Gasteiger partial charge in [-0.3, -0.25) is 20.2 Å². The molecule has 1 aromatic heterocycles. The molecule has 0 aliphatic rings. The maximum absolute atomic E-state index is 12.8. The molecule has 184 valence electrons. The monoisotopic (exact) mass is 613 g/mol. The molecule has 13 heteroatoms. The number of fused-ring (bicyclic) bond motifs is 1. The van der Waals surface area contributed by atoms with Crippen LogP contribution in [-0.4, -0.2) is 24.8 Å². The fraction of sp³-hybridized carbons (Fsp3) is 0.182. The number of aromatic nitrogens is 3. The van der Waals surface area contributed by atoms with Gasteiger partial charge in [0.15, 0.2) is 0 Å². The van der Waals surface area contributed by atoms with E-state index in [2.05, 4.69) is 42.2 Å². The number of benzene rings is 3. The van der Waals surface area contributed by atoms with E-state index in [-0.39, 0.29) is 0 Å². The second-order valence-corrected chi connectivity index (χ2v) is 8.88. The number of halogens is 4. The lowest BCUT2D eigenvalue weighted by molar-refractivity contribution is -0.388. The minimum atomic E-state index is -0.805.